The van der Waals surface area contributed by atoms with Crippen molar-refractivity contribution in [2.45, 2.75) is 26.2 Å². The molecule has 1 radical (unpaired) electrons. The van der Waals surface area contributed by atoms with Gasteiger partial charge >= 0.3 is 0 Å². The Balaban J connectivity index is 1.77. The van der Waals surface area contributed by atoms with Crippen molar-refractivity contribution in [3.63, 3.8) is 0 Å². The molecule has 0 spiro atoms. The van der Waals surface area contributed by atoms with E-state index in [1.807, 2.05) is 36.4 Å². The molecule has 1 aliphatic rings. The van der Waals surface area contributed by atoms with Gasteiger partial charge in [-0.2, -0.15) is 0 Å². The van der Waals surface area contributed by atoms with Crippen LogP contribution in [0.3, 0.4) is 0 Å². The number of rotatable bonds is 4. The summed E-state index contributed by atoms with van der Waals surface area (Å²) in [6.45, 7) is 2.23. The predicted molar refractivity (Wildman–Crippen MR) is 98.6 cm³/mol. The van der Waals surface area contributed by atoms with Crippen LogP contribution in [0.2, 0.25) is 0 Å². The molecule has 0 bridgehead atoms. The zero-order valence-corrected chi connectivity index (χ0v) is 13.8. The molecule has 119 valence electrons. The van der Waals surface area contributed by atoms with Gasteiger partial charge in [-0.05, 0) is 48.7 Å². The van der Waals surface area contributed by atoms with Crippen LogP contribution in [-0.4, -0.2) is 0 Å². The van der Waals surface area contributed by atoms with Crippen LogP contribution in [0.25, 0.3) is 0 Å². The molecule has 1 aliphatic heterocycles. The van der Waals surface area contributed by atoms with Crippen LogP contribution in [0.1, 0.15) is 25.3 Å². The Morgan fingerprint density at radius 3 is 2.54 bits per heavy atom. The van der Waals surface area contributed by atoms with E-state index in [9.17, 15) is 0 Å². The molecule has 0 unspecified atom stereocenters. The molecule has 2 nitrogen and oxygen atoms in total. The minimum Gasteiger partial charge on any atom is -0.453 e. The zero-order valence-electron chi connectivity index (χ0n) is 13.8. The van der Waals surface area contributed by atoms with Crippen LogP contribution < -0.4 is 9.64 Å². The van der Waals surface area contributed by atoms with E-state index in [4.69, 9.17) is 4.74 Å². The fourth-order valence-electron chi connectivity index (χ4n) is 3.10. The lowest BCUT2D eigenvalue weighted by Crippen LogP contribution is -2.15. The van der Waals surface area contributed by atoms with Crippen molar-refractivity contribution < 1.29 is 4.74 Å². The molecule has 3 aromatic rings. The minimum atomic E-state index is 0.839. The molecule has 0 amide bonds. The van der Waals surface area contributed by atoms with E-state index >= 15 is 0 Å². The number of hydrogen-bond acceptors (Lipinski definition) is 2. The number of anilines is 3. The van der Waals surface area contributed by atoms with Gasteiger partial charge in [-0.3, -0.25) is 0 Å². The Bertz CT molecular complexity index is 793. The molecular formula is C22H20NO. The summed E-state index contributed by atoms with van der Waals surface area (Å²) in [5.41, 5.74) is 4.53. The fraction of sp³-hybridized carbons (Fsp3) is 0.182. The van der Waals surface area contributed by atoms with Crippen molar-refractivity contribution in [3.8, 4) is 11.5 Å². The van der Waals surface area contributed by atoms with Gasteiger partial charge in [0.2, 0.25) is 0 Å². The molecule has 0 aromatic heterocycles. The van der Waals surface area contributed by atoms with Crippen molar-refractivity contribution in [1.29, 1.82) is 0 Å². The van der Waals surface area contributed by atoms with Crippen molar-refractivity contribution in [3.05, 3.63) is 78.4 Å². The Labute approximate surface area is 143 Å². The van der Waals surface area contributed by atoms with Gasteiger partial charge in [-0.25, -0.2) is 0 Å². The first kappa shape index (κ1) is 14.8. The van der Waals surface area contributed by atoms with Crippen molar-refractivity contribution in [2.75, 3.05) is 4.90 Å². The highest BCUT2D eigenvalue weighted by Crippen LogP contribution is 2.49. The number of nitrogens with zero attached hydrogens (tertiary/aromatic N) is 1. The summed E-state index contributed by atoms with van der Waals surface area (Å²) in [6, 6.07) is 26.2. The average Bonchev–Trinajstić information content (AvgIpc) is 2.65. The van der Waals surface area contributed by atoms with Crippen LogP contribution >= 0.6 is 0 Å². The van der Waals surface area contributed by atoms with Gasteiger partial charge < -0.3 is 9.64 Å². The minimum absolute atomic E-state index is 0.839. The summed E-state index contributed by atoms with van der Waals surface area (Å²) in [4.78, 5) is 2.22. The molecule has 4 rings (SSSR count). The van der Waals surface area contributed by atoms with E-state index in [1.165, 1.54) is 18.4 Å². The van der Waals surface area contributed by atoms with E-state index in [-0.39, 0.29) is 0 Å². The first-order valence-corrected chi connectivity index (χ1v) is 8.53. The first-order chi connectivity index (χ1) is 11.9. The van der Waals surface area contributed by atoms with Gasteiger partial charge in [0.25, 0.3) is 0 Å². The molecule has 24 heavy (non-hydrogen) atoms. The molecule has 0 atom stereocenters. The van der Waals surface area contributed by atoms with E-state index in [0.717, 1.165) is 35.0 Å². The smallest absolute Gasteiger partial charge is 0.152 e. The quantitative estimate of drug-likeness (QED) is 0.432. The molecular weight excluding hydrogens is 294 g/mol. The predicted octanol–water partition coefficient (Wildman–Crippen LogP) is 6.40. The monoisotopic (exact) mass is 314 g/mol. The zero-order chi connectivity index (χ0) is 16.4. The Morgan fingerprint density at radius 2 is 1.71 bits per heavy atom. The third kappa shape index (κ3) is 2.65. The van der Waals surface area contributed by atoms with Gasteiger partial charge in [-0.1, -0.05) is 49.7 Å². The molecule has 0 N–H and O–H groups in total. The van der Waals surface area contributed by atoms with Crippen LogP contribution in [0.15, 0.2) is 66.7 Å². The second kappa shape index (κ2) is 6.40. The van der Waals surface area contributed by atoms with Crippen LogP contribution in [0.4, 0.5) is 17.1 Å². The summed E-state index contributed by atoms with van der Waals surface area (Å²) in [6.07, 6.45) is 3.59. The van der Waals surface area contributed by atoms with Gasteiger partial charge in [0.15, 0.2) is 11.5 Å². The second-order valence-corrected chi connectivity index (χ2v) is 6.06. The Hall–Kier alpha value is -2.74. The maximum atomic E-state index is 6.03. The highest BCUT2D eigenvalue weighted by Gasteiger charge is 2.25. The van der Waals surface area contributed by atoms with Gasteiger partial charge in [0.05, 0.1) is 11.4 Å². The summed E-state index contributed by atoms with van der Waals surface area (Å²) >= 11 is 0. The standard InChI is InChI=1S/C22H20NO/c1-2-3-8-17-13-15-18(16-14-17)23-19-9-4-6-11-21(19)24-22-12-7-5-10-20(22)23/h4-7,9,11-16H,2-3,8H2,1H3. The highest BCUT2D eigenvalue weighted by molar-refractivity contribution is 5.85. The topological polar surface area (TPSA) is 12.5 Å². The largest absolute Gasteiger partial charge is 0.453 e. The van der Waals surface area contributed by atoms with Gasteiger partial charge in [0, 0.05) is 11.8 Å². The van der Waals surface area contributed by atoms with Crippen LogP contribution in [-0.2, 0) is 6.42 Å². The maximum Gasteiger partial charge on any atom is 0.152 e. The molecule has 0 saturated heterocycles. The summed E-state index contributed by atoms with van der Waals surface area (Å²) in [7, 11) is 0. The summed E-state index contributed by atoms with van der Waals surface area (Å²) in [5, 5.41) is 0. The Morgan fingerprint density at radius 1 is 0.917 bits per heavy atom. The van der Waals surface area contributed by atoms with Crippen molar-refractivity contribution in [1.82, 2.24) is 0 Å². The van der Waals surface area contributed by atoms with Gasteiger partial charge in [-0.15, -0.1) is 0 Å². The molecule has 3 aromatic carbocycles. The number of fused-ring (bicyclic) bond motifs is 2. The third-order valence-electron chi connectivity index (χ3n) is 4.36. The second-order valence-electron chi connectivity index (χ2n) is 6.06. The Kier molecular flexibility index (Phi) is 3.96. The highest BCUT2D eigenvalue weighted by atomic mass is 16.5. The number of hydrogen-bond donors (Lipinski definition) is 0. The van der Waals surface area contributed by atoms with Crippen LogP contribution in [0, 0.1) is 6.07 Å². The molecule has 0 aliphatic carbocycles. The number of aryl methyl sites for hydroxylation is 1. The lowest BCUT2D eigenvalue weighted by molar-refractivity contribution is 0.477. The molecule has 2 heteroatoms. The van der Waals surface area contributed by atoms with Crippen LogP contribution in [0.5, 0.6) is 11.5 Å². The maximum absolute atomic E-state index is 6.03. The summed E-state index contributed by atoms with van der Waals surface area (Å²) in [5.74, 6) is 1.71. The number of para-hydroxylation sites is 3. The van der Waals surface area contributed by atoms with E-state index < -0.39 is 0 Å². The van der Waals surface area contributed by atoms with Crippen molar-refractivity contribution in [2.24, 2.45) is 0 Å². The van der Waals surface area contributed by atoms with E-state index in [1.54, 1.807) is 0 Å². The lowest BCUT2D eigenvalue weighted by atomic mass is 10.1. The third-order valence-corrected chi connectivity index (χ3v) is 4.36. The number of benzene rings is 3. The first-order valence-electron chi connectivity index (χ1n) is 8.53. The number of unbranched alkanes of at least 4 members (excludes halogenated alkanes) is 1. The average molecular weight is 314 g/mol. The lowest BCUT2D eigenvalue weighted by Gasteiger charge is -2.32. The number of ether oxygens (including phenoxy) is 1. The fourth-order valence-corrected chi connectivity index (χ4v) is 3.10. The molecule has 0 saturated carbocycles. The SMILES string of the molecule is CCCCc1ccc(N2c3[c]cccc3Oc3ccccc32)cc1. The summed E-state index contributed by atoms with van der Waals surface area (Å²) < 4.78 is 6.03. The van der Waals surface area contributed by atoms with E-state index in [2.05, 4.69) is 48.2 Å². The molecule has 1 heterocycles. The van der Waals surface area contributed by atoms with Crippen molar-refractivity contribution >= 4 is 17.1 Å². The van der Waals surface area contributed by atoms with E-state index in [0.29, 0.717) is 0 Å². The normalized spacial score (nSPS) is 12.3. The molecule has 0 fully saturated rings. The van der Waals surface area contributed by atoms with Gasteiger partial charge in [0.1, 0.15) is 0 Å².